The summed E-state index contributed by atoms with van der Waals surface area (Å²) < 4.78 is 4.64. The number of rotatable bonds is 1. The maximum atomic E-state index is 11.0. The molecule has 1 heterocycles. The first-order chi connectivity index (χ1) is 6.68. The van der Waals surface area contributed by atoms with Gasteiger partial charge >= 0.3 is 5.63 Å². The average molecular weight is 191 g/mol. The van der Waals surface area contributed by atoms with Gasteiger partial charge in [0, 0.05) is 5.56 Å². The lowest BCUT2D eigenvalue weighted by Crippen LogP contribution is -1.95. The Kier molecular flexibility index (Phi) is 1.89. The smallest absolute Gasteiger partial charge is 0.360 e. The fourth-order valence-electron chi connectivity index (χ4n) is 1.26. The highest BCUT2D eigenvalue weighted by Gasteiger charge is 2.08. The summed E-state index contributed by atoms with van der Waals surface area (Å²) in [6.45, 7) is 1.69. The van der Waals surface area contributed by atoms with E-state index in [-0.39, 0.29) is 11.4 Å². The van der Waals surface area contributed by atoms with Crippen LogP contribution in [0.15, 0.2) is 33.6 Å². The molecule has 14 heavy (non-hydrogen) atoms. The normalized spacial score (nSPS) is 10.4. The molecule has 0 atom stereocenters. The summed E-state index contributed by atoms with van der Waals surface area (Å²) in [6.07, 6.45) is 0. The number of aromatic hydroxyl groups is 1. The third-order valence-corrected chi connectivity index (χ3v) is 2.08. The van der Waals surface area contributed by atoms with Crippen LogP contribution in [0.2, 0.25) is 0 Å². The average Bonchev–Trinajstić information content (AvgIpc) is 2.50. The number of phenolic OH excluding ortho intramolecular Hbond substituents is 1. The molecule has 2 aromatic rings. The highest BCUT2D eigenvalue weighted by atomic mass is 16.5. The van der Waals surface area contributed by atoms with E-state index >= 15 is 0 Å². The van der Waals surface area contributed by atoms with Crippen LogP contribution in [0.5, 0.6) is 5.75 Å². The van der Waals surface area contributed by atoms with Crippen molar-refractivity contribution in [3.63, 3.8) is 0 Å². The number of aromatic nitrogens is 1. The zero-order chi connectivity index (χ0) is 10.1. The number of aromatic amines is 1. The van der Waals surface area contributed by atoms with E-state index in [1.165, 1.54) is 0 Å². The predicted octanol–water partition coefficient (Wildman–Crippen LogP) is 1.65. The van der Waals surface area contributed by atoms with Crippen molar-refractivity contribution >= 4 is 0 Å². The van der Waals surface area contributed by atoms with Crippen LogP contribution in [0.3, 0.4) is 0 Å². The summed E-state index contributed by atoms with van der Waals surface area (Å²) in [4.78, 5) is 11.0. The van der Waals surface area contributed by atoms with Gasteiger partial charge in [-0.15, -0.1) is 0 Å². The molecule has 2 rings (SSSR count). The third kappa shape index (κ3) is 1.31. The van der Waals surface area contributed by atoms with Crippen molar-refractivity contribution in [2.24, 2.45) is 0 Å². The molecule has 0 aliphatic heterocycles. The number of H-pyrrole nitrogens is 1. The van der Waals surface area contributed by atoms with Crippen molar-refractivity contribution in [1.29, 1.82) is 0 Å². The Morgan fingerprint density at radius 3 is 2.43 bits per heavy atom. The molecule has 0 aliphatic rings. The van der Waals surface area contributed by atoms with Crippen LogP contribution < -0.4 is 5.63 Å². The maximum Gasteiger partial charge on any atom is 0.360 e. The van der Waals surface area contributed by atoms with Gasteiger partial charge in [-0.2, -0.15) is 0 Å². The monoisotopic (exact) mass is 191 g/mol. The molecular weight excluding hydrogens is 182 g/mol. The van der Waals surface area contributed by atoms with Gasteiger partial charge in [0.05, 0.1) is 11.3 Å². The Bertz CT molecular complexity index is 493. The van der Waals surface area contributed by atoms with Crippen molar-refractivity contribution in [3.8, 4) is 17.0 Å². The fourth-order valence-corrected chi connectivity index (χ4v) is 1.26. The van der Waals surface area contributed by atoms with Crippen molar-refractivity contribution in [1.82, 2.24) is 5.16 Å². The summed E-state index contributed by atoms with van der Waals surface area (Å²) in [5, 5.41) is 11.6. The van der Waals surface area contributed by atoms with Crippen molar-refractivity contribution in [2.75, 3.05) is 0 Å². The Balaban J connectivity index is 2.55. The second kappa shape index (κ2) is 3.06. The van der Waals surface area contributed by atoms with Crippen LogP contribution in [0, 0.1) is 6.92 Å². The van der Waals surface area contributed by atoms with Gasteiger partial charge in [0.2, 0.25) is 0 Å². The van der Waals surface area contributed by atoms with E-state index in [0.717, 1.165) is 5.56 Å². The van der Waals surface area contributed by atoms with Crippen LogP contribution in [0.25, 0.3) is 11.3 Å². The van der Waals surface area contributed by atoms with E-state index in [1.807, 2.05) is 0 Å². The lowest BCUT2D eigenvalue weighted by molar-refractivity contribution is 0.392. The van der Waals surface area contributed by atoms with Crippen LogP contribution in [0.1, 0.15) is 5.56 Å². The molecule has 1 aromatic heterocycles. The molecule has 0 bridgehead atoms. The summed E-state index contributed by atoms with van der Waals surface area (Å²) in [6, 6.07) is 6.53. The first-order valence-electron chi connectivity index (χ1n) is 4.16. The molecule has 0 saturated carbocycles. The van der Waals surface area contributed by atoms with Gasteiger partial charge in [-0.05, 0) is 31.2 Å². The fraction of sp³-hybridized carbons (Fsp3) is 0.100. The molecule has 1 aromatic carbocycles. The minimum absolute atomic E-state index is 0.192. The van der Waals surface area contributed by atoms with Crippen molar-refractivity contribution in [2.45, 2.75) is 6.92 Å². The Hall–Kier alpha value is -1.97. The standard InChI is InChI=1S/C10H9NO3/c1-6-9(11-14-10(6)13)7-2-4-8(12)5-3-7/h2-5,11-12H,1H3. The quantitative estimate of drug-likeness (QED) is 0.720. The Morgan fingerprint density at radius 2 is 1.93 bits per heavy atom. The molecule has 4 nitrogen and oxygen atoms in total. The molecule has 0 unspecified atom stereocenters. The summed E-state index contributed by atoms with van der Waals surface area (Å²) >= 11 is 0. The van der Waals surface area contributed by atoms with Crippen molar-refractivity contribution < 1.29 is 9.63 Å². The molecule has 72 valence electrons. The van der Waals surface area contributed by atoms with Gasteiger partial charge in [-0.3, -0.25) is 0 Å². The lowest BCUT2D eigenvalue weighted by atomic mass is 10.1. The SMILES string of the molecule is Cc1c(-c2ccc(O)cc2)[nH]oc1=O. The zero-order valence-corrected chi connectivity index (χ0v) is 7.57. The topological polar surface area (TPSA) is 66.2 Å². The predicted molar refractivity (Wildman–Crippen MR) is 51.2 cm³/mol. The van der Waals surface area contributed by atoms with Gasteiger partial charge in [-0.25, -0.2) is 9.95 Å². The van der Waals surface area contributed by atoms with Gasteiger partial charge in [0.1, 0.15) is 5.75 Å². The van der Waals surface area contributed by atoms with Gasteiger partial charge in [-0.1, -0.05) is 0 Å². The van der Waals surface area contributed by atoms with Crippen molar-refractivity contribution in [3.05, 3.63) is 40.2 Å². The van der Waals surface area contributed by atoms with Crippen LogP contribution in [0.4, 0.5) is 0 Å². The maximum absolute atomic E-state index is 11.0. The first kappa shape index (κ1) is 8.62. The number of hydrogen-bond donors (Lipinski definition) is 2. The largest absolute Gasteiger partial charge is 0.508 e. The molecule has 0 aliphatic carbocycles. The Labute approximate surface area is 79.8 Å². The molecule has 0 saturated heterocycles. The summed E-state index contributed by atoms with van der Waals surface area (Å²) in [5.41, 5.74) is 1.63. The molecule has 0 amide bonds. The van der Waals surface area contributed by atoms with Crippen LogP contribution >= 0.6 is 0 Å². The molecular formula is C10H9NO3. The van der Waals surface area contributed by atoms with Crippen LogP contribution in [-0.2, 0) is 0 Å². The Morgan fingerprint density at radius 1 is 1.29 bits per heavy atom. The first-order valence-corrected chi connectivity index (χ1v) is 4.16. The zero-order valence-electron chi connectivity index (χ0n) is 7.57. The van der Waals surface area contributed by atoms with E-state index in [0.29, 0.717) is 11.3 Å². The highest BCUT2D eigenvalue weighted by molar-refractivity contribution is 5.62. The second-order valence-electron chi connectivity index (χ2n) is 3.04. The van der Waals surface area contributed by atoms with Gasteiger partial charge < -0.3 is 9.63 Å². The molecule has 0 spiro atoms. The second-order valence-corrected chi connectivity index (χ2v) is 3.04. The summed E-state index contributed by atoms with van der Waals surface area (Å²) in [7, 11) is 0. The highest BCUT2D eigenvalue weighted by Crippen LogP contribution is 2.21. The lowest BCUT2D eigenvalue weighted by Gasteiger charge is -1.97. The van der Waals surface area contributed by atoms with E-state index in [1.54, 1.807) is 31.2 Å². The minimum Gasteiger partial charge on any atom is -0.508 e. The number of benzene rings is 1. The van der Waals surface area contributed by atoms with E-state index in [4.69, 9.17) is 5.11 Å². The molecule has 2 N–H and O–H groups in total. The van der Waals surface area contributed by atoms with Gasteiger partial charge in [0.25, 0.3) is 0 Å². The van der Waals surface area contributed by atoms with E-state index in [2.05, 4.69) is 9.68 Å². The van der Waals surface area contributed by atoms with E-state index < -0.39 is 0 Å². The minimum atomic E-state index is -0.368. The number of nitrogens with one attached hydrogen (secondary N) is 1. The van der Waals surface area contributed by atoms with Crippen LogP contribution in [-0.4, -0.2) is 10.3 Å². The summed E-state index contributed by atoms with van der Waals surface area (Å²) in [5.74, 6) is 0.192. The van der Waals surface area contributed by atoms with Gasteiger partial charge in [0.15, 0.2) is 0 Å². The number of phenols is 1. The molecule has 0 fully saturated rings. The van der Waals surface area contributed by atoms with E-state index in [9.17, 15) is 4.79 Å². The molecule has 4 heteroatoms. The third-order valence-electron chi connectivity index (χ3n) is 2.08. The number of hydrogen-bond acceptors (Lipinski definition) is 3. The molecule has 0 radical (unpaired) electrons.